The number of carbonyl (C=O) groups is 2. The van der Waals surface area contributed by atoms with Crippen LogP contribution in [0.25, 0.3) is 0 Å². The Morgan fingerprint density at radius 2 is 1.84 bits per heavy atom. The highest BCUT2D eigenvalue weighted by Crippen LogP contribution is 2.55. The SMILES string of the molecule is CCS(=O)(=O)[C@H]1[C@@H](c2ccc(C)cc2)[C@@]1(C=O)NC(=O)OC(C)(C)C. The Labute approximate surface area is 148 Å². The number of benzene rings is 1. The van der Waals surface area contributed by atoms with Crippen molar-refractivity contribution in [3.8, 4) is 0 Å². The summed E-state index contributed by atoms with van der Waals surface area (Å²) in [5.74, 6) is -0.728. The molecule has 0 unspecified atom stereocenters. The minimum atomic E-state index is -3.54. The number of amides is 1. The number of ether oxygens (including phenoxy) is 1. The summed E-state index contributed by atoms with van der Waals surface area (Å²) in [4.78, 5) is 24.1. The maximum Gasteiger partial charge on any atom is 0.408 e. The van der Waals surface area contributed by atoms with Crippen LogP contribution in [0.15, 0.2) is 24.3 Å². The Bertz CT molecular complexity index is 764. The molecule has 1 fully saturated rings. The average Bonchev–Trinajstić information content (AvgIpc) is 3.15. The van der Waals surface area contributed by atoms with E-state index in [0.717, 1.165) is 5.56 Å². The Kier molecular flexibility index (Phi) is 5.01. The van der Waals surface area contributed by atoms with Crippen molar-refractivity contribution in [2.45, 2.75) is 56.9 Å². The van der Waals surface area contributed by atoms with Crippen LogP contribution in [-0.4, -0.2) is 42.9 Å². The first kappa shape index (κ1) is 19.4. The first-order chi connectivity index (χ1) is 11.5. The van der Waals surface area contributed by atoms with E-state index in [1.54, 1.807) is 32.9 Å². The van der Waals surface area contributed by atoms with Gasteiger partial charge in [0.15, 0.2) is 9.84 Å². The molecule has 2 rings (SSSR count). The van der Waals surface area contributed by atoms with Crippen molar-refractivity contribution in [1.82, 2.24) is 5.32 Å². The molecule has 1 aromatic carbocycles. The van der Waals surface area contributed by atoms with Gasteiger partial charge in [-0.3, -0.25) is 0 Å². The summed E-state index contributed by atoms with van der Waals surface area (Å²) in [6, 6.07) is 7.29. The third-order valence-electron chi connectivity index (χ3n) is 4.32. The van der Waals surface area contributed by atoms with E-state index < -0.39 is 38.2 Å². The van der Waals surface area contributed by atoms with Gasteiger partial charge in [0.05, 0.1) is 0 Å². The van der Waals surface area contributed by atoms with Crippen molar-refractivity contribution in [1.29, 1.82) is 0 Å². The predicted octanol–water partition coefficient (Wildman–Crippen LogP) is 2.36. The standard InChI is InChI=1S/C18H25NO5S/c1-6-25(22,23)15-14(13-9-7-12(2)8-10-13)18(15,11-20)19-16(21)24-17(3,4)5/h7-11,14-15H,6H2,1-5H3,(H,19,21)/t14-,15+,18-/m1/s1. The number of carbonyl (C=O) groups excluding carboxylic acids is 2. The quantitative estimate of drug-likeness (QED) is 0.807. The molecule has 0 heterocycles. The molecule has 0 aliphatic heterocycles. The minimum Gasteiger partial charge on any atom is -0.444 e. The highest BCUT2D eigenvalue weighted by atomic mass is 32.2. The van der Waals surface area contributed by atoms with Crippen LogP contribution >= 0.6 is 0 Å². The second-order valence-corrected chi connectivity index (χ2v) is 9.85. The van der Waals surface area contributed by atoms with Gasteiger partial charge in [0.2, 0.25) is 0 Å². The summed E-state index contributed by atoms with van der Waals surface area (Å²) >= 11 is 0. The zero-order chi connectivity index (χ0) is 19.0. The fourth-order valence-corrected chi connectivity index (χ4v) is 5.01. The van der Waals surface area contributed by atoms with Gasteiger partial charge in [0.1, 0.15) is 22.7 Å². The molecule has 0 radical (unpaired) electrons. The van der Waals surface area contributed by atoms with Gasteiger partial charge in [0, 0.05) is 11.7 Å². The molecule has 0 bridgehead atoms. The highest BCUT2D eigenvalue weighted by molar-refractivity contribution is 7.92. The van der Waals surface area contributed by atoms with Gasteiger partial charge >= 0.3 is 6.09 Å². The highest BCUT2D eigenvalue weighted by Gasteiger charge is 2.72. The van der Waals surface area contributed by atoms with Crippen molar-refractivity contribution in [2.24, 2.45) is 0 Å². The minimum absolute atomic E-state index is 0.106. The molecule has 0 aromatic heterocycles. The van der Waals surface area contributed by atoms with Gasteiger partial charge in [-0.05, 0) is 33.3 Å². The molecule has 1 amide bonds. The van der Waals surface area contributed by atoms with Gasteiger partial charge in [-0.25, -0.2) is 13.2 Å². The number of nitrogens with one attached hydrogen (secondary N) is 1. The average molecular weight is 367 g/mol. The smallest absolute Gasteiger partial charge is 0.408 e. The number of alkyl carbamates (subject to hydrolysis) is 1. The number of aryl methyl sites for hydroxylation is 1. The molecule has 1 saturated carbocycles. The summed E-state index contributed by atoms with van der Waals surface area (Å²) in [7, 11) is -3.54. The van der Waals surface area contributed by atoms with E-state index in [1.807, 2.05) is 19.1 Å². The van der Waals surface area contributed by atoms with Gasteiger partial charge in [0.25, 0.3) is 0 Å². The Hall–Kier alpha value is -1.89. The van der Waals surface area contributed by atoms with E-state index in [1.165, 1.54) is 6.92 Å². The van der Waals surface area contributed by atoms with E-state index >= 15 is 0 Å². The van der Waals surface area contributed by atoms with Gasteiger partial charge in [-0.15, -0.1) is 0 Å². The van der Waals surface area contributed by atoms with Crippen LogP contribution in [0.2, 0.25) is 0 Å². The van der Waals surface area contributed by atoms with Crippen molar-refractivity contribution < 1.29 is 22.7 Å². The van der Waals surface area contributed by atoms with Crippen LogP contribution in [0, 0.1) is 6.92 Å². The lowest BCUT2D eigenvalue weighted by molar-refractivity contribution is -0.110. The van der Waals surface area contributed by atoms with Crippen LogP contribution in [0.4, 0.5) is 4.79 Å². The van der Waals surface area contributed by atoms with Crippen LogP contribution in [0.1, 0.15) is 44.7 Å². The lowest BCUT2D eigenvalue weighted by Gasteiger charge is -2.22. The lowest BCUT2D eigenvalue weighted by atomic mass is 10.1. The van der Waals surface area contributed by atoms with E-state index in [2.05, 4.69) is 5.32 Å². The lowest BCUT2D eigenvalue weighted by Crippen LogP contribution is -2.45. The van der Waals surface area contributed by atoms with E-state index in [0.29, 0.717) is 11.8 Å². The molecular weight excluding hydrogens is 342 g/mol. The van der Waals surface area contributed by atoms with Crippen molar-refractivity contribution in [3.63, 3.8) is 0 Å². The van der Waals surface area contributed by atoms with E-state index in [4.69, 9.17) is 4.74 Å². The van der Waals surface area contributed by atoms with Crippen molar-refractivity contribution in [2.75, 3.05) is 5.75 Å². The Balaban J connectivity index is 2.40. The fraction of sp³-hybridized carbons (Fsp3) is 0.556. The molecule has 1 aromatic rings. The Morgan fingerprint density at radius 1 is 1.28 bits per heavy atom. The topological polar surface area (TPSA) is 89.5 Å². The monoisotopic (exact) mass is 367 g/mol. The number of aldehydes is 1. The summed E-state index contributed by atoms with van der Waals surface area (Å²) in [6.07, 6.45) is -0.273. The second kappa shape index (κ2) is 6.44. The molecule has 7 heteroatoms. The first-order valence-corrected chi connectivity index (χ1v) is 9.94. The molecule has 3 atom stereocenters. The number of sulfone groups is 1. The van der Waals surface area contributed by atoms with Crippen LogP contribution in [0.5, 0.6) is 0 Å². The van der Waals surface area contributed by atoms with Crippen LogP contribution < -0.4 is 5.32 Å². The zero-order valence-electron chi connectivity index (χ0n) is 15.2. The van der Waals surface area contributed by atoms with Crippen LogP contribution in [-0.2, 0) is 19.4 Å². The van der Waals surface area contributed by atoms with Gasteiger partial charge in [-0.1, -0.05) is 36.8 Å². The van der Waals surface area contributed by atoms with Gasteiger partial charge in [-0.2, -0.15) is 0 Å². The molecule has 6 nitrogen and oxygen atoms in total. The van der Waals surface area contributed by atoms with Crippen molar-refractivity contribution >= 4 is 22.2 Å². The summed E-state index contributed by atoms with van der Waals surface area (Å²) < 4.78 is 30.2. The maximum atomic E-state index is 12.5. The molecule has 1 N–H and O–H groups in total. The van der Waals surface area contributed by atoms with Crippen molar-refractivity contribution in [3.05, 3.63) is 35.4 Å². The summed E-state index contributed by atoms with van der Waals surface area (Å²) in [6.45, 7) is 8.55. The number of rotatable bonds is 5. The zero-order valence-corrected chi connectivity index (χ0v) is 16.0. The molecule has 1 aliphatic carbocycles. The molecular formula is C18H25NO5S. The first-order valence-electron chi connectivity index (χ1n) is 8.22. The van der Waals surface area contributed by atoms with Crippen LogP contribution in [0.3, 0.4) is 0 Å². The number of hydrogen-bond donors (Lipinski definition) is 1. The molecule has 0 spiro atoms. The largest absolute Gasteiger partial charge is 0.444 e. The number of hydrogen-bond acceptors (Lipinski definition) is 5. The molecule has 0 saturated heterocycles. The van der Waals surface area contributed by atoms with Gasteiger partial charge < -0.3 is 14.8 Å². The third kappa shape index (κ3) is 3.86. The maximum absolute atomic E-state index is 12.5. The summed E-state index contributed by atoms with van der Waals surface area (Å²) in [5, 5.41) is 1.53. The molecule has 25 heavy (non-hydrogen) atoms. The fourth-order valence-electron chi connectivity index (χ4n) is 3.08. The normalized spacial score (nSPS) is 26.0. The predicted molar refractivity (Wildman–Crippen MR) is 95.3 cm³/mol. The van der Waals surface area contributed by atoms with E-state index in [9.17, 15) is 18.0 Å². The second-order valence-electron chi connectivity index (χ2n) is 7.44. The molecule has 1 aliphatic rings. The molecule has 138 valence electrons. The summed E-state index contributed by atoms with van der Waals surface area (Å²) in [5.41, 5.74) is -0.513. The van der Waals surface area contributed by atoms with E-state index in [-0.39, 0.29) is 5.75 Å². The third-order valence-corrected chi connectivity index (χ3v) is 6.56. The Morgan fingerprint density at radius 3 is 2.28 bits per heavy atom.